The summed E-state index contributed by atoms with van der Waals surface area (Å²) in [5.74, 6) is -0.639. The summed E-state index contributed by atoms with van der Waals surface area (Å²) in [5, 5.41) is 14.1. The number of anilines is 2. The lowest BCUT2D eigenvalue weighted by Gasteiger charge is -2.09. The molecule has 0 saturated heterocycles. The first-order valence-corrected chi connectivity index (χ1v) is 7.86. The molecule has 26 heavy (non-hydrogen) atoms. The number of halogens is 3. The Bertz CT molecular complexity index is 883. The Morgan fingerprint density at radius 2 is 1.81 bits per heavy atom. The zero-order chi connectivity index (χ0) is 19.5. The predicted molar refractivity (Wildman–Crippen MR) is 89.2 cm³/mol. The van der Waals surface area contributed by atoms with Crippen LogP contribution in [0.5, 0.6) is 0 Å². The molecule has 1 aromatic heterocycles. The van der Waals surface area contributed by atoms with Crippen molar-refractivity contribution < 1.29 is 27.5 Å². The van der Waals surface area contributed by atoms with Gasteiger partial charge < -0.3 is 10.1 Å². The number of hydrogen-bond acceptors (Lipinski definition) is 5. The lowest BCUT2D eigenvalue weighted by atomic mass is 10.2. The van der Waals surface area contributed by atoms with Crippen molar-refractivity contribution >= 4 is 34.0 Å². The van der Waals surface area contributed by atoms with Gasteiger partial charge in [-0.3, -0.25) is 5.32 Å². The highest BCUT2D eigenvalue weighted by Gasteiger charge is 2.30. The van der Waals surface area contributed by atoms with Crippen LogP contribution in [-0.2, 0) is 10.9 Å². The first kappa shape index (κ1) is 19.3. The van der Waals surface area contributed by atoms with Gasteiger partial charge in [-0.2, -0.15) is 18.4 Å². The fourth-order valence-corrected chi connectivity index (χ4v) is 3.10. The number of urea groups is 1. The van der Waals surface area contributed by atoms with Gasteiger partial charge in [0.15, 0.2) is 0 Å². The Balaban J connectivity index is 2.15. The van der Waals surface area contributed by atoms with E-state index >= 15 is 0 Å². The number of rotatable bonds is 3. The summed E-state index contributed by atoms with van der Waals surface area (Å²) in [7, 11) is 1.19. The summed E-state index contributed by atoms with van der Waals surface area (Å²) in [6.45, 7) is 1.54. The van der Waals surface area contributed by atoms with Gasteiger partial charge in [-0.25, -0.2) is 9.59 Å². The van der Waals surface area contributed by atoms with Crippen LogP contribution in [0, 0.1) is 18.3 Å². The maximum atomic E-state index is 12.5. The molecule has 0 aliphatic heterocycles. The number of hydrogen-bond donors (Lipinski definition) is 2. The number of ether oxygens (including phenoxy) is 1. The van der Waals surface area contributed by atoms with E-state index in [1.165, 1.54) is 7.11 Å². The van der Waals surface area contributed by atoms with Gasteiger partial charge in [0.05, 0.1) is 18.2 Å². The fraction of sp³-hybridized carbons (Fsp3) is 0.188. The molecule has 2 amide bonds. The number of nitriles is 1. The number of amides is 2. The minimum Gasteiger partial charge on any atom is -0.465 e. The zero-order valence-corrected chi connectivity index (χ0v) is 14.3. The summed E-state index contributed by atoms with van der Waals surface area (Å²) in [4.78, 5) is 23.9. The second-order valence-electron chi connectivity index (χ2n) is 5.02. The van der Waals surface area contributed by atoms with Gasteiger partial charge in [0.2, 0.25) is 0 Å². The maximum Gasteiger partial charge on any atom is 0.416 e. The van der Waals surface area contributed by atoms with E-state index in [0.29, 0.717) is 5.56 Å². The molecular weight excluding hydrogens is 371 g/mol. The first-order chi connectivity index (χ1) is 12.2. The number of nitrogens with zero attached hydrogens (tertiary/aromatic N) is 1. The Morgan fingerprint density at radius 1 is 1.19 bits per heavy atom. The van der Waals surface area contributed by atoms with Crippen molar-refractivity contribution in [1.82, 2.24) is 0 Å². The predicted octanol–water partition coefficient (Wildman–Crippen LogP) is 4.38. The van der Waals surface area contributed by atoms with Gasteiger partial charge >= 0.3 is 18.2 Å². The summed E-state index contributed by atoms with van der Waals surface area (Å²) in [5.41, 5.74) is -0.227. The molecule has 0 fully saturated rings. The topological polar surface area (TPSA) is 91.2 Å². The largest absolute Gasteiger partial charge is 0.465 e. The van der Waals surface area contributed by atoms with Crippen LogP contribution in [0.3, 0.4) is 0 Å². The molecule has 0 bridgehead atoms. The number of thiophene rings is 1. The molecule has 0 radical (unpaired) electrons. The van der Waals surface area contributed by atoms with E-state index in [0.717, 1.165) is 35.6 Å². The molecule has 2 aromatic rings. The molecule has 0 aliphatic carbocycles. The standard InChI is InChI=1S/C16H12F3N3O3S/c1-8-11(7-20)13(26-12(8)14(23)25-2)22-15(24)21-10-5-3-9(4-6-10)16(17,18)19/h3-6H,1-2H3,(H2,21,22,24). The molecule has 6 nitrogen and oxygen atoms in total. The van der Waals surface area contributed by atoms with Crippen LogP contribution in [0.4, 0.5) is 28.7 Å². The molecule has 0 spiro atoms. The second-order valence-corrected chi connectivity index (χ2v) is 6.04. The number of alkyl halides is 3. The average Bonchev–Trinajstić information content (AvgIpc) is 2.89. The van der Waals surface area contributed by atoms with Crippen molar-refractivity contribution in [3.8, 4) is 6.07 Å². The third kappa shape index (κ3) is 4.12. The van der Waals surface area contributed by atoms with E-state index in [1.807, 2.05) is 6.07 Å². The number of nitrogens with one attached hydrogen (secondary N) is 2. The molecule has 0 atom stereocenters. The van der Waals surface area contributed by atoms with Crippen LogP contribution >= 0.6 is 11.3 Å². The van der Waals surface area contributed by atoms with Gasteiger partial charge in [-0.05, 0) is 36.8 Å². The van der Waals surface area contributed by atoms with Crippen LogP contribution in [0.25, 0.3) is 0 Å². The Labute approximate surface area is 150 Å². The Kier molecular flexibility index (Phi) is 5.52. The Morgan fingerprint density at radius 3 is 2.31 bits per heavy atom. The average molecular weight is 383 g/mol. The van der Waals surface area contributed by atoms with Gasteiger partial charge in [0.1, 0.15) is 15.9 Å². The van der Waals surface area contributed by atoms with E-state index in [-0.39, 0.29) is 21.1 Å². The van der Waals surface area contributed by atoms with Crippen molar-refractivity contribution in [2.24, 2.45) is 0 Å². The molecule has 1 aromatic carbocycles. The van der Waals surface area contributed by atoms with Crippen molar-refractivity contribution in [3.05, 3.63) is 45.8 Å². The molecule has 2 N–H and O–H groups in total. The van der Waals surface area contributed by atoms with E-state index in [4.69, 9.17) is 0 Å². The molecule has 0 unspecified atom stereocenters. The highest BCUT2D eigenvalue weighted by atomic mass is 32.1. The van der Waals surface area contributed by atoms with Crippen molar-refractivity contribution in [2.75, 3.05) is 17.7 Å². The maximum absolute atomic E-state index is 12.5. The number of carbonyl (C=O) groups is 2. The van der Waals surface area contributed by atoms with Crippen LogP contribution in [0.15, 0.2) is 24.3 Å². The molecule has 0 saturated carbocycles. The minimum absolute atomic E-state index is 0.109. The number of benzene rings is 1. The van der Waals surface area contributed by atoms with Crippen molar-refractivity contribution in [2.45, 2.75) is 13.1 Å². The van der Waals surface area contributed by atoms with Gasteiger partial charge in [0.25, 0.3) is 0 Å². The van der Waals surface area contributed by atoms with Crippen LogP contribution < -0.4 is 10.6 Å². The molecule has 0 aliphatic rings. The van der Waals surface area contributed by atoms with Crippen LogP contribution in [-0.4, -0.2) is 19.1 Å². The summed E-state index contributed by atoms with van der Waals surface area (Å²) in [6.07, 6.45) is -4.47. The summed E-state index contributed by atoms with van der Waals surface area (Å²) in [6, 6.07) is 5.00. The number of methoxy groups -OCH3 is 1. The smallest absolute Gasteiger partial charge is 0.416 e. The molecule has 2 rings (SSSR count). The van der Waals surface area contributed by atoms with E-state index in [2.05, 4.69) is 15.4 Å². The highest BCUT2D eigenvalue weighted by molar-refractivity contribution is 7.18. The number of esters is 1. The van der Waals surface area contributed by atoms with E-state index in [1.54, 1.807) is 6.92 Å². The summed E-state index contributed by atoms with van der Waals surface area (Å²) < 4.78 is 42.2. The molecule has 1 heterocycles. The highest BCUT2D eigenvalue weighted by Crippen LogP contribution is 2.33. The normalized spacial score (nSPS) is 10.8. The third-order valence-electron chi connectivity index (χ3n) is 3.33. The quantitative estimate of drug-likeness (QED) is 0.770. The summed E-state index contributed by atoms with van der Waals surface area (Å²) >= 11 is 0.870. The minimum atomic E-state index is -4.47. The van der Waals surface area contributed by atoms with Gasteiger partial charge in [0, 0.05) is 5.69 Å². The Hall–Kier alpha value is -3.06. The zero-order valence-electron chi connectivity index (χ0n) is 13.5. The molecule has 136 valence electrons. The SMILES string of the molecule is COC(=O)c1sc(NC(=O)Nc2ccc(C(F)(F)F)cc2)c(C#N)c1C. The van der Waals surface area contributed by atoms with E-state index in [9.17, 15) is 28.0 Å². The third-order valence-corrected chi connectivity index (χ3v) is 4.51. The second kappa shape index (κ2) is 7.45. The van der Waals surface area contributed by atoms with Gasteiger partial charge in [-0.1, -0.05) is 0 Å². The van der Waals surface area contributed by atoms with Crippen molar-refractivity contribution in [1.29, 1.82) is 5.26 Å². The van der Waals surface area contributed by atoms with Crippen LogP contribution in [0.2, 0.25) is 0 Å². The van der Waals surface area contributed by atoms with E-state index < -0.39 is 23.7 Å². The number of carbonyl (C=O) groups excluding carboxylic acids is 2. The monoisotopic (exact) mass is 383 g/mol. The van der Waals surface area contributed by atoms with Crippen LogP contribution in [0.1, 0.15) is 26.4 Å². The van der Waals surface area contributed by atoms with Gasteiger partial charge in [-0.15, -0.1) is 11.3 Å². The lowest BCUT2D eigenvalue weighted by Crippen LogP contribution is -2.19. The molecular formula is C16H12F3N3O3S. The molecule has 10 heteroatoms. The lowest BCUT2D eigenvalue weighted by molar-refractivity contribution is -0.137. The first-order valence-electron chi connectivity index (χ1n) is 7.04. The van der Waals surface area contributed by atoms with Crippen molar-refractivity contribution in [3.63, 3.8) is 0 Å². The fourth-order valence-electron chi connectivity index (χ4n) is 2.03.